The summed E-state index contributed by atoms with van der Waals surface area (Å²) in [5.74, 6) is 6.29. The SMILES string of the molecule is CC(Cc1ccc(OCc2ccccc2)c(OCc2ccccc2)c1)(NN)C(=O)OC[C@@H](OCc1ccccc1)[C@@H](O)[C@H](O)[C@@H](CO)OCc1ccccc1. The van der Waals surface area contributed by atoms with Crippen LogP contribution < -0.4 is 20.7 Å². The Bertz CT molecular complexity index is 1850. The van der Waals surface area contributed by atoms with Crippen molar-refractivity contribution in [3.8, 4) is 11.5 Å². The number of hydrazine groups is 1. The number of nitrogens with two attached hydrogens (primary N) is 1. The van der Waals surface area contributed by atoms with Crippen molar-refractivity contribution in [2.45, 2.75) is 69.7 Å². The number of aliphatic hydroxyl groups excluding tert-OH is 3. The van der Waals surface area contributed by atoms with Crippen molar-refractivity contribution >= 4 is 5.97 Å². The van der Waals surface area contributed by atoms with Gasteiger partial charge < -0.3 is 39.0 Å². The lowest BCUT2D eigenvalue weighted by atomic mass is 9.93. The van der Waals surface area contributed by atoms with Crippen molar-refractivity contribution in [2.24, 2.45) is 5.84 Å². The minimum atomic E-state index is -1.60. The number of carbonyl (C=O) groups is 1. The monoisotopic (exact) mass is 750 g/mol. The van der Waals surface area contributed by atoms with E-state index in [-0.39, 0.29) is 19.6 Å². The number of ether oxygens (including phenoxy) is 5. The Labute approximate surface area is 322 Å². The molecule has 5 aromatic carbocycles. The minimum Gasteiger partial charge on any atom is -0.485 e. The molecular weight excluding hydrogens is 700 g/mol. The van der Waals surface area contributed by atoms with Crippen LogP contribution in [0.15, 0.2) is 140 Å². The van der Waals surface area contributed by atoms with Gasteiger partial charge in [0.15, 0.2) is 11.5 Å². The highest BCUT2D eigenvalue weighted by atomic mass is 16.6. The fraction of sp³-hybridized carbons (Fsp3) is 0.295. The summed E-state index contributed by atoms with van der Waals surface area (Å²) >= 11 is 0. The molecule has 11 heteroatoms. The lowest BCUT2D eigenvalue weighted by molar-refractivity contribution is -0.176. The molecule has 11 nitrogen and oxygen atoms in total. The summed E-state index contributed by atoms with van der Waals surface area (Å²) in [7, 11) is 0. The molecular formula is C44H50N2O9. The van der Waals surface area contributed by atoms with Gasteiger partial charge in [0, 0.05) is 6.42 Å². The molecule has 0 aliphatic carbocycles. The van der Waals surface area contributed by atoms with Gasteiger partial charge in [0.2, 0.25) is 0 Å². The minimum absolute atomic E-state index is 0.0539. The van der Waals surface area contributed by atoms with E-state index in [0.717, 1.165) is 22.3 Å². The number of hydrogen-bond donors (Lipinski definition) is 5. The van der Waals surface area contributed by atoms with Gasteiger partial charge in [-0.2, -0.15) is 0 Å². The molecule has 0 amide bonds. The third-order valence-electron chi connectivity index (χ3n) is 9.09. The van der Waals surface area contributed by atoms with Crippen molar-refractivity contribution in [3.63, 3.8) is 0 Å². The maximum Gasteiger partial charge on any atom is 0.327 e. The fourth-order valence-electron chi connectivity index (χ4n) is 5.77. The summed E-state index contributed by atoms with van der Waals surface area (Å²) in [5, 5.41) is 32.6. The molecule has 5 atom stereocenters. The van der Waals surface area contributed by atoms with Gasteiger partial charge in [-0.25, -0.2) is 10.2 Å². The fourth-order valence-corrected chi connectivity index (χ4v) is 5.77. The number of hydrogen-bond acceptors (Lipinski definition) is 11. The molecule has 0 heterocycles. The van der Waals surface area contributed by atoms with E-state index >= 15 is 0 Å². The van der Waals surface area contributed by atoms with Gasteiger partial charge in [0.1, 0.15) is 49.8 Å². The summed E-state index contributed by atoms with van der Waals surface area (Å²) in [6.07, 6.45) is -5.43. The van der Waals surface area contributed by atoms with Gasteiger partial charge in [-0.15, -0.1) is 0 Å². The highest BCUT2D eigenvalue weighted by Crippen LogP contribution is 2.32. The van der Waals surface area contributed by atoms with E-state index in [4.69, 9.17) is 29.5 Å². The summed E-state index contributed by atoms with van der Waals surface area (Å²) in [4.78, 5) is 13.8. The van der Waals surface area contributed by atoms with Crippen LogP contribution in [0.3, 0.4) is 0 Å². The summed E-state index contributed by atoms with van der Waals surface area (Å²) in [6, 6.07) is 43.5. The van der Waals surface area contributed by atoms with Crippen molar-refractivity contribution in [2.75, 3.05) is 13.2 Å². The molecule has 5 aromatic rings. The zero-order valence-corrected chi connectivity index (χ0v) is 30.9. The second-order valence-corrected chi connectivity index (χ2v) is 13.4. The highest BCUT2D eigenvalue weighted by molar-refractivity contribution is 5.80. The predicted molar refractivity (Wildman–Crippen MR) is 208 cm³/mol. The van der Waals surface area contributed by atoms with Crippen LogP contribution in [0.4, 0.5) is 0 Å². The van der Waals surface area contributed by atoms with Gasteiger partial charge in [0.05, 0.1) is 19.8 Å². The molecule has 1 unspecified atom stereocenters. The van der Waals surface area contributed by atoms with E-state index in [9.17, 15) is 20.1 Å². The Morgan fingerprint density at radius 2 is 1.05 bits per heavy atom. The zero-order chi connectivity index (χ0) is 38.9. The molecule has 6 N–H and O–H groups in total. The van der Waals surface area contributed by atoms with Crippen LogP contribution in [-0.2, 0) is 51.9 Å². The molecule has 5 rings (SSSR count). The van der Waals surface area contributed by atoms with E-state index < -0.39 is 49.1 Å². The van der Waals surface area contributed by atoms with Crippen molar-refractivity contribution in [1.29, 1.82) is 0 Å². The molecule has 0 spiro atoms. The third-order valence-corrected chi connectivity index (χ3v) is 9.09. The molecule has 0 fully saturated rings. The quantitative estimate of drug-likeness (QED) is 0.0366. The van der Waals surface area contributed by atoms with Crippen LogP contribution in [0.25, 0.3) is 0 Å². The van der Waals surface area contributed by atoms with Crippen molar-refractivity contribution in [1.82, 2.24) is 5.43 Å². The normalized spacial score (nSPS) is 14.6. The molecule has 290 valence electrons. The summed E-state index contributed by atoms with van der Waals surface area (Å²) < 4.78 is 29.9. The number of aliphatic hydroxyl groups is 3. The number of nitrogens with one attached hydrogen (secondary N) is 1. The smallest absolute Gasteiger partial charge is 0.327 e. The lowest BCUT2D eigenvalue weighted by Gasteiger charge is -2.32. The van der Waals surface area contributed by atoms with Gasteiger partial charge in [-0.1, -0.05) is 127 Å². The van der Waals surface area contributed by atoms with Crippen LogP contribution in [0.5, 0.6) is 11.5 Å². The first-order valence-electron chi connectivity index (χ1n) is 18.2. The summed E-state index contributed by atoms with van der Waals surface area (Å²) in [6.45, 7) is 1.38. The molecule has 0 radical (unpaired) electrons. The van der Waals surface area contributed by atoms with Crippen LogP contribution in [0, 0.1) is 0 Å². The molecule has 0 aliphatic heterocycles. The highest BCUT2D eigenvalue weighted by Gasteiger charge is 2.38. The van der Waals surface area contributed by atoms with Crippen LogP contribution in [-0.4, -0.2) is 64.5 Å². The van der Waals surface area contributed by atoms with Crippen LogP contribution in [0.2, 0.25) is 0 Å². The first-order chi connectivity index (χ1) is 26.8. The van der Waals surface area contributed by atoms with E-state index in [2.05, 4.69) is 5.43 Å². The maximum absolute atomic E-state index is 13.8. The van der Waals surface area contributed by atoms with E-state index in [1.807, 2.05) is 133 Å². The molecule has 0 aliphatic rings. The number of rotatable bonds is 22. The number of benzene rings is 5. The maximum atomic E-state index is 13.8. The van der Waals surface area contributed by atoms with Crippen molar-refractivity contribution in [3.05, 3.63) is 167 Å². The zero-order valence-electron chi connectivity index (χ0n) is 30.9. The van der Waals surface area contributed by atoms with Gasteiger partial charge >= 0.3 is 5.97 Å². The van der Waals surface area contributed by atoms with E-state index in [1.54, 1.807) is 13.0 Å². The topological polar surface area (TPSA) is 162 Å². The second-order valence-electron chi connectivity index (χ2n) is 13.4. The average Bonchev–Trinajstić information content (AvgIpc) is 3.23. The molecule has 0 bridgehead atoms. The Morgan fingerprint density at radius 3 is 1.53 bits per heavy atom. The van der Waals surface area contributed by atoms with Gasteiger partial charge in [0.25, 0.3) is 0 Å². The Kier molecular flexibility index (Phi) is 15.8. The standard InChI is InChI=1S/C44H50N2O9/c1-44(46-45,25-36-22-23-37(51-27-32-14-6-2-7-15-32)38(24-36)52-28-33-16-8-3-9-17-33)43(50)55-31-40(54-30-35-20-12-5-13-21-35)42(49)41(48)39(26-47)53-29-34-18-10-4-11-19-34/h2-24,39-42,46-49H,25-31,45H2,1H3/t39-,40-,41-,42-,44?/m1/s1. The molecule has 0 saturated heterocycles. The Morgan fingerprint density at radius 1 is 0.618 bits per heavy atom. The average molecular weight is 751 g/mol. The van der Waals surface area contributed by atoms with Crippen LogP contribution in [0.1, 0.15) is 34.7 Å². The van der Waals surface area contributed by atoms with E-state index in [1.165, 1.54) is 0 Å². The first-order valence-corrected chi connectivity index (χ1v) is 18.2. The third kappa shape index (κ3) is 12.5. The summed E-state index contributed by atoms with van der Waals surface area (Å²) in [5.41, 5.74) is 5.49. The van der Waals surface area contributed by atoms with Gasteiger partial charge in [-0.3, -0.25) is 5.84 Å². The Hall–Kier alpha value is -5.11. The number of carbonyl (C=O) groups excluding carboxylic acids is 1. The largest absolute Gasteiger partial charge is 0.485 e. The van der Waals surface area contributed by atoms with Crippen molar-refractivity contribution < 1.29 is 43.8 Å². The number of esters is 1. The Balaban J connectivity index is 1.28. The lowest BCUT2D eigenvalue weighted by Crippen LogP contribution is -2.56. The molecule has 55 heavy (non-hydrogen) atoms. The second kappa shape index (κ2) is 21.1. The van der Waals surface area contributed by atoms with Gasteiger partial charge in [-0.05, 0) is 46.9 Å². The molecule has 0 aromatic heterocycles. The molecule has 0 saturated carbocycles. The predicted octanol–water partition coefficient (Wildman–Crippen LogP) is 5.04. The van der Waals surface area contributed by atoms with E-state index in [0.29, 0.717) is 30.3 Å². The first kappa shape index (κ1) is 41.1. The van der Waals surface area contributed by atoms with Crippen LogP contribution >= 0.6 is 0 Å².